The Bertz CT molecular complexity index is 882. The van der Waals surface area contributed by atoms with E-state index >= 15 is 0 Å². The minimum atomic E-state index is -0.940. The summed E-state index contributed by atoms with van der Waals surface area (Å²) in [6.45, 7) is 10.5. The van der Waals surface area contributed by atoms with E-state index in [1.54, 1.807) is 4.90 Å². The van der Waals surface area contributed by atoms with Gasteiger partial charge in [0.05, 0.1) is 15.1 Å². The highest BCUT2D eigenvalue weighted by atomic mass is 32.2. The van der Waals surface area contributed by atoms with E-state index in [9.17, 15) is 14.7 Å². The maximum Gasteiger partial charge on any atom is 0.410 e. The van der Waals surface area contributed by atoms with Crippen LogP contribution in [0.3, 0.4) is 0 Å². The SMILES string of the molecule is CC.CC(C)(C)OC(=O)N1CCC/C(c2nc3ccccc3s2)=C(/C(=O)O)SCC1. The molecule has 30 heavy (non-hydrogen) atoms. The summed E-state index contributed by atoms with van der Waals surface area (Å²) in [5, 5.41) is 10.5. The van der Waals surface area contributed by atoms with E-state index in [2.05, 4.69) is 4.98 Å². The van der Waals surface area contributed by atoms with E-state index in [1.165, 1.54) is 23.1 Å². The zero-order valence-corrected chi connectivity index (χ0v) is 19.9. The lowest BCUT2D eigenvalue weighted by atomic mass is 10.1. The Hall–Kier alpha value is -2.06. The minimum absolute atomic E-state index is 0.324. The van der Waals surface area contributed by atoms with Gasteiger partial charge in [0.25, 0.3) is 0 Å². The largest absolute Gasteiger partial charge is 0.477 e. The van der Waals surface area contributed by atoms with Crippen LogP contribution in [0.15, 0.2) is 29.2 Å². The quantitative estimate of drug-likeness (QED) is 0.615. The summed E-state index contributed by atoms with van der Waals surface area (Å²) in [6, 6.07) is 7.80. The Kier molecular flexibility index (Phi) is 8.73. The zero-order chi connectivity index (χ0) is 22.3. The topological polar surface area (TPSA) is 79.7 Å². The molecule has 1 aliphatic rings. The average molecular weight is 451 g/mol. The van der Waals surface area contributed by atoms with E-state index in [0.29, 0.717) is 36.6 Å². The molecule has 3 rings (SSSR count). The van der Waals surface area contributed by atoms with Gasteiger partial charge in [-0.05, 0) is 45.7 Å². The Balaban J connectivity index is 0.00000155. The third kappa shape index (κ3) is 6.47. The number of nitrogens with zero attached hydrogens (tertiary/aromatic N) is 2. The van der Waals surface area contributed by atoms with Crippen molar-refractivity contribution in [2.24, 2.45) is 0 Å². The van der Waals surface area contributed by atoms with Crippen LogP contribution in [0.2, 0.25) is 0 Å². The molecule has 0 aliphatic carbocycles. The summed E-state index contributed by atoms with van der Waals surface area (Å²) in [7, 11) is 0. The number of aromatic nitrogens is 1. The summed E-state index contributed by atoms with van der Waals surface area (Å²) in [5.41, 5.74) is 1.07. The van der Waals surface area contributed by atoms with Gasteiger partial charge in [-0.1, -0.05) is 26.0 Å². The maximum atomic E-state index is 12.4. The molecular weight excluding hydrogens is 420 g/mol. The van der Waals surface area contributed by atoms with Crippen LogP contribution in [0.25, 0.3) is 15.8 Å². The molecule has 1 N–H and O–H groups in total. The molecule has 164 valence electrons. The number of carbonyl (C=O) groups is 2. The molecule has 1 amide bonds. The number of aliphatic carboxylic acids is 1. The fourth-order valence-electron chi connectivity index (χ4n) is 2.92. The molecule has 0 saturated carbocycles. The second-order valence-corrected chi connectivity index (χ2v) is 9.65. The van der Waals surface area contributed by atoms with Crippen molar-refractivity contribution in [1.82, 2.24) is 9.88 Å². The third-order valence-corrected chi connectivity index (χ3v) is 6.33. The van der Waals surface area contributed by atoms with Crippen molar-refractivity contribution >= 4 is 51.0 Å². The first-order chi connectivity index (χ1) is 14.2. The third-order valence-electron chi connectivity index (χ3n) is 4.13. The number of benzene rings is 1. The number of hydrogen-bond donors (Lipinski definition) is 1. The number of para-hydroxylation sites is 1. The standard InChI is InChI=1S/C20H24N2O4S2.C2H6/c1-20(2,3)26-19(25)22-10-6-7-13(16(18(23)24)27-12-11-22)17-21-14-8-4-5-9-15(14)28-17;1-2/h4-5,8-9H,6-7,10-12H2,1-3H3,(H,23,24);1-2H3/b16-13+;. The molecule has 2 aromatic rings. The summed E-state index contributed by atoms with van der Waals surface area (Å²) in [4.78, 5) is 31.0. The highest BCUT2D eigenvalue weighted by molar-refractivity contribution is 8.04. The molecule has 0 radical (unpaired) electrons. The van der Waals surface area contributed by atoms with Gasteiger partial charge in [0.15, 0.2) is 0 Å². The molecule has 0 atom stereocenters. The molecule has 0 fully saturated rings. The molecule has 1 aliphatic heterocycles. The van der Waals surface area contributed by atoms with Crippen molar-refractivity contribution in [3.63, 3.8) is 0 Å². The lowest BCUT2D eigenvalue weighted by molar-refractivity contribution is -0.131. The second kappa shape index (κ2) is 10.8. The van der Waals surface area contributed by atoms with Crippen molar-refractivity contribution < 1.29 is 19.4 Å². The van der Waals surface area contributed by atoms with Gasteiger partial charge in [-0.25, -0.2) is 14.6 Å². The monoisotopic (exact) mass is 450 g/mol. The minimum Gasteiger partial charge on any atom is -0.477 e. The van der Waals surface area contributed by atoms with E-state index in [-0.39, 0.29) is 6.09 Å². The Labute approximate surface area is 186 Å². The molecule has 0 bridgehead atoms. The lowest BCUT2D eigenvalue weighted by Gasteiger charge is -2.27. The first-order valence-corrected chi connectivity index (χ1v) is 12.0. The van der Waals surface area contributed by atoms with Gasteiger partial charge in [0.2, 0.25) is 0 Å². The van der Waals surface area contributed by atoms with Crippen LogP contribution in [0.5, 0.6) is 0 Å². The molecule has 1 aromatic heterocycles. The van der Waals surface area contributed by atoms with E-state index in [4.69, 9.17) is 4.74 Å². The van der Waals surface area contributed by atoms with Crippen LogP contribution >= 0.6 is 23.1 Å². The van der Waals surface area contributed by atoms with Crippen molar-refractivity contribution in [3.8, 4) is 0 Å². The number of carboxylic acid groups (broad SMARTS) is 1. The number of rotatable bonds is 2. The van der Waals surface area contributed by atoms with Crippen LogP contribution in [0.1, 0.15) is 52.5 Å². The number of thioether (sulfide) groups is 1. The highest BCUT2D eigenvalue weighted by Crippen LogP contribution is 2.36. The number of carbonyl (C=O) groups excluding carboxylic acids is 1. The Morgan fingerprint density at radius 3 is 2.50 bits per heavy atom. The molecular formula is C22H30N2O4S2. The van der Waals surface area contributed by atoms with Gasteiger partial charge in [-0.15, -0.1) is 23.1 Å². The van der Waals surface area contributed by atoms with E-state index in [0.717, 1.165) is 20.8 Å². The molecule has 1 aromatic carbocycles. The van der Waals surface area contributed by atoms with Crippen molar-refractivity contribution in [1.29, 1.82) is 0 Å². The lowest BCUT2D eigenvalue weighted by Crippen LogP contribution is -2.38. The molecule has 2 heterocycles. The number of amides is 1. The fourth-order valence-corrected chi connectivity index (χ4v) is 5.04. The molecule has 8 heteroatoms. The molecule has 0 unspecified atom stereocenters. The first-order valence-electron chi connectivity index (χ1n) is 10.2. The molecule has 0 saturated heterocycles. The number of ether oxygens (including phenoxy) is 1. The first kappa shape index (κ1) is 24.2. The van der Waals surface area contributed by atoms with Crippen LogP contribution < -0.4 is 0 Å². The van der Waals surface area contributed by atoms with Gasteiger partial charge in [-0.2, -0.15) is 0 Å². The van der Waals surface area contributed by atoms with Crippen LogP contribution in [0, 0.1) is 0 Å². The average Bonchev–Trinajstić information content (AvgIpc) is 3.14. The zero-order valence-electron chi connectivity index (χ0n) is 18.2. The predicted octanol–water partition coefficient (Wildman–Crippen LogP) is 5.88. The summed E-state index contributed by atoms with van der Waals surface area (Å²) < 4.78 is 6.51. The normalized spacial score (nSPS) is 18.0. The van der Waals surface area contributed by atoms with Crippen molar-refractivity contribution in [2.45, 2.75) is 53.1 Å². The van der Waals surface area contributed by atoms with Gasteiger partial charge in [-0.3, -0.25) is 0 Å². The molecule has 0 spiro atoms. The second-order valence-electron chi connectivity index (χ2n) is 7.52. The van der Waals surface area contributed by atoms with Crippen molar-refractivity contribution in [3.05, 3.63) is 34.2 Å². The van der Waals surface area contributed by atoms with Crippen LogP contribution in [-0.4, -0.2) is 51.5 Å². The number of fused-ring (bicyclic) bond motifs is 1. The predicted molar refractivity (Wildman–Crippen MR) is 125 cm³/mol. The van der Waals surface area contributed by atoms with E-state index < -0.39 is 11.6 Å². The summed E-state index contributed by atoms with van der Waals surface area (Å²) >= 11 is 2.78. The Morgan fingerprint density at radius 1 is 1.17 bits per heavy atom. The maximum absolute atomic E-state index is 12.4. The number of carboxylic acids is 1. The van der Waals surface area contributed by atoms with Crippen LogP contribution in [0.4, 0.5) is 4.79 Å². The smallest absolute Gasteiger partial charge is 0.410 e. The van der Waals surface area contributed by atoms with E-state index in [1.807, 2.05) is 58.9 Å². The van der Waals surface area contributed by atoms with Crippen LogP contribution in [-0.2, 0) is 9.53 Å². The van der Waals surface area contributed by atoms with Gasteiger partial charge in [0.1, 0.15) is 10.6 Å². The van der Waals surface area contributed by atoms with Crippen molar-refractivity contribution in [2.75, 3.05) is 18.8 Å². The summed E-state index contributed by atoms with van der Waals surface area (Å²) in [6.07, 6.45) is 0.851. The number of hydrogen-bond acceptors (Lipinski definition) is 6. The highest BCUT2D eigenvalue weighted by Gasteiger charge is 2.26. The van der Waals surface area contributed by atoms with Gasteiger partial charge >= 0.3 is 12.1 Å². The Morgan fingerprint density at radius 2 is 1.87 bits per heavy atom. The molecule has 6 nitrogen and oxygen atoms in total. The van der Waals surface area contributed by atoms with Gasteiger partial charge < -0.3 is 14.7 Å². The number of thiazole rings is 1. The number of allylic oxidation sites excluding steroid dienone is 1. The summed E-state index contributed by atoms with van der Waals surface area (Å²) in [5.74, 6) is -0.445. The van der Waals surface area contributed by atoms with Gasteiger partial charge in [0, 0.05) is 24.4 Å². The fraction of sp³-hybridized carbons (Fsp3) is 0.500.